The van der Waals surface area contributed by atoms with Crippen LogP contribution in [0.15, 0.2) is 30.4 Å². The summed E-state index contributed by atoms with van der Waals surface area (Å²) in [4.78, 5) is 35.2. The third-order valence-electron chi connectivity index (χ3n) is 3.61. The maximum Gasteiger partial charge on any atom is 0.346 e. The lowest BCUT2D eigenvalue weighted by Crippen LogP contribution is -2.28. The highest BCUT2D eigenvalue weighted by Crippen LogP contribution is 2.24. The van der Waals surface area contributed by atoms with Crippen LogP contribution in [0.1, 0.15) is 64.7 Å². The molecule has 0 fully saturated rings. The Balaban J connectivity index is 2.24. The molecule has 0 bridgehead atoms. The lowest BCUT2D eigenvalue weighted by Gasteiger charge is -2.25. The van der Waals surface area contributed by atoms with Crippen LogP contribution in [0.3, 0.4) is 0 Å². The van der Waals surface area contributed by atoms with E-state index in [1.807, 2.05) is 32.9 Å². The minimum atomic E-state index is -0.737. The first-order chi connectivity index (χ1) is 10.4. The number of hydrogen-bond acceptors (Lipinski definition) is 5. The fraction of sp³-hybridized carbons (Fsp3) is 0.353. The molecule has 0 N–H and O–H groups in total. The molecule has 0 aromatic heterocycles. The molecule has 1 aromatic carbocycles. The number of carbonyl (C=O) groups is 3. The highest BCUT2D eigenvalue weighted by molar-refractivity contribution is 6.15. The zero-order valence-corrected chi connectivity index (χ0v) is 12.8. The second-order valence-corrected chi connectivity index (χ2v) is 5.30. The highest BCUT2D eigenvalue weighted by atomic mass is 16.6. The Morgan fingerprint density at radius 1 is 1.23 bits per heavy atom. The summed E-state index contributed by atoms with van der Waals surface area (Å²) in [5.74, 6) is -1.97. The largest absolute Gasteiger partial charge is 0.452 e. The molecule has 1 heterocycles. The Kier molecular flexibility index (Phi) is 4.45. The molecule has 1 aliphatic rings. The van der Waals surface area contributed by atoms with E-state index in [2.05, 4.69) is 4.74 Å². The maximum atomic E-state index is 12.3. The average Bonchev–Trinajstić information content (AvgIpc) is 2.79. The van der Waals surface area contributed by atoms with Crippen molar-refractivity contribution in [3.8, 4) is 0 Å². The molecule has 0 radical (unpaired) electrons. The normalized spacial score (nSPS) is 16.3. The molecule has 5 nitrogen and oxygen atoms in total. The molecule has 0 saturated carbocycles. The molecule has 22 heavy (non-hydrogen) atoms. The van der Waals surface area contributed by atoms with Gasteiger partial charge in [0.15, 0.2) is 0 Å². The molecule has 1 aromatic rings. The summed E-state index contributed by atoms with van der Waals surface area (Å²) in [6.45, 7) is 5.74. The van der Waals surface area contributed by atoms with Crippen molar-refractivity contribution < 1.29 is 23.9 Å². The smallest absolute Gasteiger partial charge is 0.346 e. The SMILES string of the molecule is CC/C=C\C(C)(CC)OC(=O)c1ccc2c(c1)C(=O)OC2=O. The van der Waals surface area contributed by atoms with Gasteiger partial charge >= 0.3 is 17.9 Å². The number of hydrogen-bond donors (Lipinski definition) is 0. The van der Waals surface area contributed by atoms with Crippen molar-refractivity contribution in [2.24, 2.45) is 0 Å². The minimum Gasteiger partial charge on any atom is -0.452 e. The van der Waals surface area contributed by atoms with Gasteiger partial charge in [0, 0.05) is 0 Å². The number of carbonyl (C=O) groups excluding carboxylic acids is 3. The van der Waals surface area contributed by atoms with E-state index in [1.54, 1.807) is 0 Å². The van der Waals surface area contributed by atoms with Crippen molar-refractivity contribution in [2.45, 2.75) is 39.2 Å². The zero-order chi connectivity index (χ0) is 16.3. The lowest BCUT2D eigenvalue weighted by atomic mass is 10.0. The molecule has 0 saturated heterocycles. The van der Waals surface area contributed by atoms with Gasteiger partial charge < -0.3 is 9.47 Å². The van der Waals surface area contributed by atoms with Crippen LogP contribution >= 0.6 is 0 Å². The highest BCUT2D eigenvalue weighted by Gasteiger charge is 2.31. The Morgan fingerprint density at radius 3 is 2.55 bits per heavy atom. The number of rotatable bonds is 5. The van der Waals surface area contributed by atoms with E-state index in [4.69, 9.17) is 4.74 Å². The van der Waals surface area contributed by atoms with Crippen LogP contribution < -0.4 is 0 Å². The molecule has 2 rings (SSSR count). The fourth-order valence-electron chi connectivity index (χ4n) is 2.07. The Hall–Kier alpha value is -2.43. The monoisotopic (exact) mass is 302 g/mol. The van der Waals surface area contributed by atoms with Gasteiger partial charge in [0.2, 0.25) is 0 Å². The van der Waals surface area contributed by atoms with Gasteiger partial charge in [-0.3, -0.25) is 0 Å². The van der Waals surface area contributed by atoms with Crippen molar-refractivity contribution in [3.63, 3.8) is 0 Å². The predicted molar refractivity (Wildman–Crippen MR) is 79.7 cm³/mol. The molecule has 5 heteroatoms. The molecule has 1 unspecified atom stereocenters. The first kappa shape index (κ1) is 15.9. The summed E-state index contributed by atoms with van der Waals surface area (Å²) in [5.41, 5.74) is -0.218. The molecule has 0 spiro atoms. The van der Waals surface area contributed by atoms with Crippen LogP contribution in [-0.4, -0.2) is 23.5 Å². The Morgan fingerprint density at radius 2 is 1.91 bits per heavy atom. The second-order valence-electron chi connectivity index (χ2n) is 5.30. The second kappa shape index (κ2) is 6.13. The van der Waals surface area contributed by atoms with Gasteiger partial charge in [-0.1, -0.05) is 19.9 Å². The van der Waals surface area contributed by atoms with E-state index in [-0.39, 0.29) is 16.7 Å². The first-order valence-electron chi connectivity index (χ1n) is 7.21. The summed E-state index contributed by atoms with van der Waals surface area (Å²) in [5, 5.41) is 0. The van der Waals surface area contributed by atoms with Gasteiger partial charge in [0.25, 0.3) is 0 Å². The summed E-state index contributed by atoms with van der Waals surface area (Å²) < 4.78 is 10.0. The third-order valence-corrected chi connectivity index (χ3v) is 3.61. The molecule has 116 valence electrons. The molecule has 0 aliphatic carbocycles. The number of esters is 3. The van der Waals surface area contributed by atoms with Crippen molar-refractivity contribution in [1.29, 1.82) is 0 Å². The summed E-state index contributed by atoms with van der Waals surface area (Å²) >= 11 is 0. The van der Waals surface area contributed by atoms with E-state index in [0.717, 1.165) is 6.42 Å². The number of ether oxygens (including phenoxy) is 2. The lowest BCUT2D eigenvalue weighted by molar-refractivity contribution is 0.00947. The Bertz CT molecular complexity index is 659. The number of allylic oxidation sites excluding steroid dienone is 1. The van der Waals surface area contributed by atoms with E-state index in [9.17, 15) is 14.4 Å². The van der Waals surface area contributed by atoms with Crippen LogP contribution in [0, 0.1) is 0 Å². The predicted octanol–water partition coefficient (Wildman–Crippen LogP) is 3.29. The van der Waals surface area contributed by atoms with E-state index in [1.165, 1.54) is 18.2 Å². The molecule has 0 amide bonds. The quantitative estimate of drug-likeness (QED) is 0.474. The standard InChI is InChI=1S/C17H18O5/c1-4-6-9-17(3,5-2)22-14(18)11-7-8-12-13(10-11)16(20)21-15(12)19/h6-10H,4-5H2,1-3H3/b9-6-. The van der Waals surface area contributed by atoms with Crippen LogP contribution in [0.2, 0.25) is 0 Å². The number of benzene rings is 1. The zero-order valence-electron chi connectivity index (χ0n) is 12.8. The fourth-order valence-corrected chi connectivity index (χ4v) is 2.07. The van der Waals surface area contributed by atoms with Gasteiger partial charge in [-0.15, -0.1) is 0 Å². The van der Waals surface area contributed by atoms with Crippen molar-refractivity contribution in [3.05, 3.63) is 47.0 Å². The van der Waals surface area contributed by atoms with Crippen LogP contribution in [-0.2, 0) is 9.47 Å². The van der Waals surface area contributed by atoms with Gasteiger partial charge in [-0.25, -0.2) is 14.4 Å². The van der Waals surface area contributed by atoms with Gasteiger partial charge in [0.1, 0.15) is 5.60 Å². The number of cyclic esters (lactones) is 2. The maximum absolute atomic E-state index is 12.3. The topological polar surface area (TPSA) is 69.7 Å². The van der Waals surface area contributed by atoms with E-state index in [0.29, 0.717) is 6.42 Å². The van der Waals surface area contributed by atoms with Gasteiger partial charge in [0.05, 0.1) is 16.7 Å². The summed E-state index contributed by atoms with van der Waals surface area (Å²) in [6, 6.07) is 4.20. The van der Waals surface area contributed by atoms with Crippen LogP contribution in [0.25, 0.3) is 0 Å². The van der Waals surface area contributed by atoms with Gasteiger partial charge in [-0.2, -0.15) is 0 Å². The van der Waals surface area contributed by atoms with Crippen LogP contribution in [0.5, 0.6) is 0 Å². The molecular weight excluding hydrogens is 284 g/mol. The average molecular weight is 302 g/mol. The summed E-state index contributed by atoms with van der Waals surface area (Å²) in [7, 11) is 0. The van der Waals surface area contributed by atoms with Crippen molar-refractivity contribution in [2.75, 3.05) is 0 Å². The third kappa shape index (κ3) is 3.08. The minimum absolute atomic E-state index is 0.0988. The van der Waals surface area contributed by atoms with Crippen molar-refractivity contribution in [1.82, 2.24) is 0 Å². The van der Waals surface area contributed by atoms with E-state index < -0.39 is 23.5 Å². The van der Waals surface area contributed by atoms with Gasteiger partial charge in [-0.05, 0) is 44.0 Å². The summed E-state index contributed by atoms with van der Waals surface area (Å²) in [6.07, 6.45) is 5.27. The van der Waals surface area contributed by atoms with Crippen LogP contribution in [0.4, 0.5) is 0 Å². The molecular formula is C17H18O5. The van der Waals surface area contributed by atoms with Crippen molar-refractivity contribution >= 4 is 17.9 Å². The Labute approximate surface area is 128 Å². The van der Waals surface area contributed by atoms with E-state index >= 15 is 0 Å². The molecule has 1 aliphatic heterocycles. The number of fused-ring (bicyclic) bond motifs is 1. The molecule has 1 atom stereocenters. The first-order valence-corrected chi connectivity index (χ1v) is 7.21.